The monoisotopic (exact) mass is 239 g/mol. The number of carbonyl (C=O) groups is 2. The van der Waals surface area contributed by atoms with Crippen LogP contribution in [0.5, 0.6) is 0 Å². The first-order valence-electron chi connectivity index (χ1n) is 5.18. The second kappa shape index (κ2) is 5.43. The van der Waals surface area contributed by atoms with Gasteiger partial charge in [-0.1, -0.05) is 0 Å². The molecule has 17 heavy (non-hydrogen) atoms. The first-order valence-corrected chi connectivity index (χ1v) is 5.18. The molecule has 0 unspecified atom stereocenters. The number of halogens is 1. The van der Waals surface area contributed by atoms with Crippen molar-refractivity contribution < 1.29 is 19.1 Å². The summed E-state index contributed by atoms with van der Waals surface area (Å²) in [6, 6.07) is 2.89. The summed E-state index contributed by atoms with van der Waals surface area (Å²) in [5.41, 5.74) is 1.13. The number of aryl methyl sites for hydroxylation is 2. The summed E-state index contributed by atoms with van der Waals surface area (Å²) < 4.78 is 13.3. The van der Waals surface area contributed by atoms with Gasteiger partial charge < -0.3 is 10.4 Å². The van der Waals surface area contributed by atoms with Gasteiger partial charge in [-0.15, -0.1) is 0 Å². The minimum atomic E-state index is -0.975. The largest absolute Gasteiger partial charge is 0.481 e. The van der Waals surface area contributed by atoms with Gasteiger partial charge in [-0.2, -0.15) is 0 Å². The summed E-state index contributed by atoms with van der Waals surface area (Å²) in [7, 11) is 0. The van der Waals surface area contributed by atoms with Crippen molar-refractivity contribution in [3.05, 3.63) is 34.6 Å². The summed E-state index contributed by atoms with van der Waals surface area (Å²) in [4.78, 5) is 21.9. The Hall–Kier alpha value is -1.91. The standard InChI is InChI=1S/C12H14FNO3/c1-7-5-9(6-8(2)11(7)13)12(17)14-4-3-10(15)16/h5-6H,3-4H2,1-2H3,(H,14,17)(H,15,16). The third-order valence-electron chi connectivity index (χ3n) is 2.32. The molecule has 5 heteroatoms. The van der Waals surface area contributed by atoms with Crippen LogP contribution in [0.3, 0.4) is 0 Å². The number of rotatable bonds is 4. The Kier molecular flexibility index (Phi) is 4.20. The van der Waals surface area contributed by atoms with E-state index >= 15 is 0 Å². The molecule has 0 saturated carbocycles. The van der Waals surface area contributed by atoms with Crippen LogP contribution < -0.4 is 5.32 Å². The van der Waals surface area contributed by atoms with Crippen molar-refractivity contribution in [2.24, 2.45) is 0 Å². The van der Waals surface area contributed by atoms with Crippen LogP contribution in [0.1, 0.15) is 27.9 Å². The van der Waals surface area contributed by atoms with Gasteiger partial charge in [0.1, 0.15) is 5.82 Å². The van der Waals surface area contributed by atoms with E-state index in [0.717, 1.165) is 0 Å². The lowest BCUT2D eigenvalue weighted by Crippen LogP contribution is -2.26. The lowest BCUT2D eigenvalue weighted by molar-refractivity contribution is -0.136. The Morgan fingerprint density at radius 2 is 1.82 bits per heavy atom. The van der Waals surface area contributed by atoms with Gasteiger partial charge >= 0.3 is 5.97 Å². The van der Waals surface area contributed by atoms with Gasteiger partial charge in [0.2, 0.25) is 0 Å². The number of carbonyl (C=O) groups excluding carboxylic acids is 1. The summed E-state index contributed by atoms with van der Waals surface area (Å²) in [6.45, 7) is 3.22. The topological polar surface area (TPSA) is 66.4 Å². The fraction of sp³-hybridized carbons (Fsp3) is 0.333. The minimum Gasteiger partial charge on any atom is -0.481 e. The van der Waals surface area contributed by atoms with Gasteiger partial charge in [-0.3, -0.25) is 9.59 Å². The second-order valence-electron chi connectivity index (χ2n) is 3.82. The molecule has 2 N–H and O–H groups in total. The molecule has 0 radical (unpaired) electrons. The number of carboxylic acid groups (broad SMARTS) is 1. The van der Waals surface area contributed by atoms with E-state index in [0.29, 0.717) is 16.7 Å². The van der Waals surface area contributed by atoms with Crippen LogP contribution in [-0.4, -0.2) is 23.5 Å². The molecule has 1 aromatic carbocycles. The molecular weight excluding hydrogens is 225 g/mol. The molecule has 1 rings (SSSR count). The van der Waals surface area contributed by atoms with Crippen molar-refractivity contribution in [1.29, 1.82) is 0 Å². The number of benzene rings is 1. The number of carboxylic acids is 1. The molecule has 0 aliphatic carbocycles. The predicted octanol–water partition coefficient (Wildman–Crippen LogP) is 1.65. The van der Waals surface area contributed by atoms with Gasteiger partial charge in [0.25, 0.3) is 5.91 Å². The van der Waals surface area contributed by atoms with Crippen LogP contribution in [-0.2, 0) is 4.79 Å². The van der Waals surface area contributed by atoms with Crippen molar-refractivity contribution in [3.63, 3.8) is 0 Å². The minimum absolute atomic E-state index is 0.0592. The third-order valence-corrected chi connectivity index (χ3v) is 2.32. The SMILES string of the molecule is Cc1cc(C(=O)NCCC(=O)O)cc(C)c1F. The lowest BCUT2D eigenvalue weighted by Gasteiger charge is -2.07. The van der Waals surface area contributed by atoms with E-state index < -0.39 is 11.9 Å². The molecule has 0 atom stereocenters. The number of aliphatic carboxylic acids is 1. The van der Waals surface area contributed by atoms with Crippen LogP contribution in [0.4, 0.5) is 4.39 Å². The van der Waals surface area contributed by atoms with Gasteiger partial charge in [0, 0.05) is 12.1 Å². The van der Waals surface area contributed by atoms with Crippen LogP contribution in [0.25, 0.3) is 0 Å². The summed E-state index contributed by atoms with van der Waals surface area (Å²) in [5, 5.41) is 10.9. The van der Waals surface area contributed by atoms with E-state index in [1.807, 2.05) is 0 Å². The molecule has 0 fully saturated rings. The van der Waals surface area contributed by atoms with Crippen molar-refractivity contribution in [3.8, 4) is 0 Å². The smallest absolute Gasteiger partial charge is 0.305 e. The van der Waals surface area contributed by atoms with E-state index in [2.05, 4.69) is 5.32 Å². The van der Waals surface area contributed by atoms with E-state index in [1.165, 1.54) is 12.1 Å². The quantitative estimate of drug-likeness (QED) is 0.839. The molecule has 0 aliphatic heterocycles. The fourth-order valence-corrected chi connectivity index (χ4v) is 1.46. The number of nitrogens with one attached hydrogen (secondary N) is 1. The Balaban J connectivity index is 2.73. The Morgan fingerprint density at radius 3 is 2.29 bits per heavy atom. The molecule has 0 saturated heterocycles. The van der Waals surface area contributed by atoms with Gasteiger partial charge in [0.15, 0.2) is 0 Å². The van der Waals surface area contributed by atoms with Crippen molar-refractivity contribution in [1.82, 2.24) is 5.32 Å². The normalized spacial score (nSPS) is 10.1. The van der Waals surface area contributed by atoms with Crippen LogP contribution >= 0.6 is 0 Å². The number of hydrogen-bond donors (Lipinski definition) is 2. The van der Waals surface area contributed by atoms with Gasteiger partial charge in [-0.25, -0.2) is 4.39 Å². The molecule has 4 nitrogen and oxygen atoms in total. The highest BCUT2D eigenvalue weighted by molar-refractivity contribution is 5.94. The van der Waals surface area contributed by atoms with Crippen LogP contribution in [0.15, 0.2) is 12.1 Å². The molecule has 0 heterocycles. The van der Waals surface area contributed by atoms with Gasteiger partial charge in [0.05, 0.1) is 6.42 Å². The van der Waals surface area contributed by atoms with Crippen molar-refractivity contribution in [2.75, 3.05) is 6.54 Å². The van der Waals surface area contributed by atoms with Crippen LogP contribution in [0.2, 0.25) is 0 Å². The van der Waals surface area contributed by atoms with Crippen molar-refractivity contribution >= 4 is 11.9 Å². The zero-order chi connectivity index (χ0) is 13.0. The lowest BCUT2D eigenvalue weighted by atomic mass is 10.1. The molecule has 0 bridgehead atoms. The Morgan fingerprint density at radius 1 is 1.29 bits per heavy atom. The zero-order valence-electron chi connectivity index (χ0n) is 9.71. The summed E-state index contributed by atoms with van der Waals surface area (Å²) >= 11 is 0. The fourth-order valence-electron chi connectivity index (χ4n) is 1.46. The zero-order valence-corrected chi connectivity index (χ0v) is 9.71. The average Bonchev–Trinajstić information content (AvgIpc) is 2.24. The third kappa shape index (κ3) is 3.55. The molecule has 0 aromatic heterocycles. The van der Waals surface area contributed by atoms with Crippen molar-refractivity contribution in [2.45, 2.75) is 20.3 Å². The highest BCUT2D eigenvalue weighted by atomic mass is 19.1. The molecule has 1 aromatic rings. The first kappa shape index (κ1) is 13.2. The van der Waals surface area contributed by atoms with E-state index in [-0.39, 0.29) is 18.8 Å². The first-order chi connectivity index (χ1) is 7.91. The summed E-state index contributed by atoms with van der Waals surface area (Å²) in [6.07, 6.45) is -0.134. The van der Waals surface area contributed by atoms with E-state index in [9.17, 15) is 14.0 Å². The van der Waals surface area contributed by atoms with E-state index in [4.69, 9.17) is 5.11 Å². The molecule has 92 valence electrons. The predicted molar refractivity (Wildman–Crippen MR) is 60.5 cm³/mol. The van der Waals surface area contributed by atoms with Gasteiger partial charge in [-0.05, 0) is 37.1 Å². The number of hydrogen-bond acceptors (Lipinski definition) is 2. The maximum Gasteiger partial charge on any atom is 0.305 e. The number of amides is 1. The van der Waals surface area contributed by atoms with E-state index in [1.54, 1.807) is 13.8 Å². The van der Waals surface area contributed by atoms with Crippen LogP contribution in [0, 0.1) is 19.7 Å². The highest BCUT2D eigenvalue weighted by Gasteiger charge is 2.10. The average molecular weight is 239 g/mol. The molecular formula is C12H14FNO3. The Labute approximate surface area is 98.5 Å². The summed E-state index contributed by atoms with van der Waals surface area (Å²) in [5.74, 6) is -1.69. The maximum absolute atomic E-state index is 13.3. The maximum atomic E-state index is 13.3. The molecule has 0 spiro atoms. The molecule has 1 amide bonds. The molecule has 0 aliphatic rings. The highest BCUT2D eigenvalue weighted by Crippen LogP contribution is 2.14. The second-order valence-corrected chi connectivity index (χ2v) is 3.82. The Bertz CT molecular complexity index is 434.